The van der Waals surface area contributed by atoms with E-state index in [2.05, 4.69) is 5.10 Å². The molecule has 6 heteroatoms. The van der Waals surface area contributed by atoms with E-state index in [1.807, 2.05) is 6.92 Å². The minimum absolute atomic E-state index is 0.0474. The fourth-order valence-corrected chi connectivity index (χ4v) is 2.60. The molecule has 5 nitrogen and oxygen atoms in total. The largest absolute Gasteiger partial charge is 0.337 e. The molecule has 0 radical (unpaired) electrons. The van der Waals surface area contributed by atoms with Crippen LogP contribution in [0.15, 0.2) is 30.5 Å². The molecule has 0 unspecified atom stereocenters. The minimum Gasteiger partial charge on any atom is -0.337 e. The quantitative estimate of drug-likeness (QED) is 0.910. The smallest absolute Gasteiger partial charge is 0.257 e. The van der Waals surface area contributed by atoms with Gasteiger partial charge in [-0.25, -0.2) is 9.07 Å². The van der Waals surface area contributed by atoms with Gasteiger partial charge in [-0.1, -0.05) is 0 Å². The molecular weight excluding hydrogens is 271 g/mol. The molecule has 1 atom stereocenters. The van der Waals surface area contributed by atoms with Crippen molar-refractivity contribution in [3.8, 4) is 5.69 Å². The molecular formula is C15H17FN4O. The summed E-state index contributed by atoms with van der Waals surface area (Å²) < 4.78 is 14.6. The van der Waals surface area contributed by atoms with Gasteiger partial charge >= 0.3 is 0 Å². The van der Waals surface area contributed by atoms with E-state index in [9.17, 15) is 9.18 Å². The molecule has 2 N–H and O–H groups in total. The van der Waals surface area contributed by atoms with E-state index in [1.165, 1.54) is 12.1 Å². The van der Waals surface area contributed by atoms with Gasteiger partial charge in [0.1, 0.15) is 5.82 Å². The average molecular weight is 288 g/mol. The minimum atomic E-state index is -0.300. The van der Waals surface area contributed by atoms with Gasteiger partial charge in [0.05, 0.1) is 23.1 Å². The zero-order valence-corrected chi connectivity index (χ0v) is 11.8. The van der Waals surface area contributed by atoms with E-state index in [-0.39, 0.29) is 17.8 Å². The molecule has 1 amide bonds. The lowest BCUT2D eigenvalue weighted by molar-refractivity contribution is 0.0790. The first-order valence-electron chi connectivity index (χ1n) is 6.91. The predicted octanol–water partition coefficient (Wildman–Crippen LogP) is 1.49. The summed E-state index contributed by atoms with van der Waals surface area (Å²) in [4.78, 5) is 14.2. The molecule has 110 valence electrons. The van der Waals surface area contributed by atoms with Gasteiger partial charge in [0.25, 0.3) is 5.91 Å². The highest BCUT2D eigenvalue weighted by Crippen LogP contribution is 2.18. The number of carbonyl (C=O) groups excluding carboxylic acids is 1. The second-order valence-corrected chi connectivity index (χ2v) is 5.33. The third kappa shape index (κ3) is 2.54. The van der Waals surface area contributed by atoms with Gasteiger partial charge in [0.2, 0.25) is 0 Å². The van der Waals surface area contributed by atoms with Gasteiger partial charge in [0, 0.05) is 19.1 Å². The van der Waals surface area contributed by atoms with Crippen molar-refractivity contribution < 1.29 is 9.18 Å². The van der Waals surface area contributed by atoms with E-state index < -0.39 is 0 Å². The van der Waals surface area contributed by atoms with Crippen molar-refractivity contribution >= 4 is 5.91 Å². The number of hydrogen-bond acceptors (Lipinski definition) is 3. The van der Waals surface area contributed by atoms with Crippen molar-refractivity contribution in [1.82, 2.24) is 14.7 Å². The van der Waals surface area contributed by atoms with Crippen LogP contribution in [0.3, 0.4) is 0 Å². The van der Waals surface area contributed by atoms with Crippen molar-refractivity contribution in [3.05, 3.63) is 47.5 Å². The number of carbonyl (C=O) groups is 1. The number of hydrogen-bond donors (Lipinski definition) is 1. The SMILES string of the molecule is Cc1c(C(=O)N2CC[C@@H](N)C2)cnn1-c1ccc(F)cc1. The number of likely N-dealkylation sites (tertiary alicyclic amines) is 1. The first-order chi connectivity index (χ1) is 10.1. The number of aromatic nitrogens is 2. The van der Waals surface area contributed by atoms with Crippen molar-refractivity contribution in [2.75, 3.05) is 13.1 Å². The van der Waals surface area contributed by atoms with Crippen LogP contribution in [-0.2, 0) is 0 Å². The van der Waals surface area contributed by atoms with Gasteiger partial charge in [-0.2, -0.15) is 5.10 Å². The molecule has 1 saturated heterocycles. The van der Waals surface area contributed by atoms with E-state index in [0.29, 0.717) is 18.7 Å². The number of nitrogens with zero attached hydrogens (tertiary/aromatic N) is 3. The Hall–Kier alpha value is -2.21. The molecule has 1 aromatic heterocycles. The van der Waals surface area contributed by atoms with Crippen LogP contribution in [0.1, 0.15) is 22.5 Å². The maximum atomic E-state index is 13.0. The summed E-state index contributed by atoms with van der Waals surface area (Å²) in [6.07, 6.45) is 2.39. The summed E-state index contributed by atoms with van der Waals surface area (Å²) >= 11 is 0. The van der Waals surface area contributed by atoms with E-state index in [1.54, 1.807) is 27.9 Å². The number of halogens is 1. The van der Waals surface area contributed by atoms with Gasteiger partial charge in [-0.3, -0.25) is 4.79 Å². The lowest BCUT2D eigenvalue weighted by Crippen LogP contribution is -2.32. The second kappa shape index (κ2) is 5.29. The van der Waals surface area contributed by atoms with E-state index >= 15 is 0 Å². The van der Waals surface area contributed by atoms with Gasteiger partial charge in [-0.15, -0.1) is 0 Å². The first-order valence-corrected chi connectivity index (χ1v) is 6.91. The molecule has 1 aromatic carbocycles. The highest BCUT2D eigenvalue weighted by atomic mass is 19.1. The molecule has 2 aromatic rings. The summed E-state index contributed by atoms with van der Waals surface area (Å²) in [5.74, 6) is -0.347. The van der Waals surface area contributed by atoms with Crippen LogP contribution in [0.25, 0.3) is 5.69 Å². The molecule has 0 saturated carbocycles. The van der Waals surface area contributed by atoms with Crippen molar-refractivity contribution in [3.63, 3.8) is 0 Å². The third-order valence-electron chi connectivity index (χ3n) is 3.82. The van der Waals surface area contributed by atoms with Crippen LogP contribution >= 0.6 is 0 Å². The molecule has 3 rings (SSSR count). The molecule has 1 aliphatic heterocycles. The fourth-order valence-electron chi connectivity index (χ4n) is 2.60. The van der Waals surface area contributed by atoms with Crippen LogP contribution in [-0.4, -0.2) is 39.7 Å². The standard InChI is InChI=1S/C15H17FN4O/c1-10-14(15(21)19-7-6-12(17)9-19)8-18-20(10)13-4-2-11(16)3-5-13/h2-5,8,12H,6-7,9,17H2,1H3/t12-/m1/s1. The molecule has 21 heavy (non-hydrogen) atoms. The maximum Gasteiger partial charge on any atom is 0.257 e. The average Bonchev–Trinajstić information content (AvgIpc) is 3.06. The topological polar surface area (TPSA) is 64.2 Å². The zero-order chi connectivity index (χ0) is 15.0. The Kier molecular flexibility index (Phi) is 3.47. The molecule has 0 aliphatic carbocycles. The van der Waals surface area contributed by atoms with Crippen molar-refractivity contribution in [2.24, 2.45) is 5.73 Å². The van der Waals surface area contributed by atoms with Crippen molar-refractivity contribution in [1.29, 1.82) is 0 Å². The van der Waals surface area contributed by atoms with E-state index in [0.717, 1.165) is 17.8 Å². The molecule has 0 bridgehead atoms. The van der Waals surface area contributed by atoms with Gasteiger partial charge in [-0.05, 0) is 37.6 Å². The highest BCUT2D eigenvalue weighted by Gasteiger charge is 2.27. The Labute approximate surface area is 122 Å². The van der Waals surface area contributed by atoms with Crippen molar-refractivity contribution in [2.45, 2.75) is 19.4 Å². The Morgan fingerprint density at radius 1 is 1.38 bits per heavy atom. The van der Waals surface area contributed by atoms with Crippen LogP contribution in [0, 0.1) is 12.7 Å². The number of rotatable bonds is 2. The molecule has 0 spiro atoms. The lowest BCUT2D eigenvalue weighted by atomic mass is 10.2. The summed E-state index contributed by atoms with van der Waals surface area (Å²) in [5.41, 5.74) is 7.87. The van der Waals surface area contributed by atoms with Gasteiger partial charge in [0.15, 0.2) is 0 Å². The lowest BCUT2D eigenvalue weighted by Gasteiger charge is -2.15. The first kappa shape index (κ1) is 13.8. The number of nitrogens with two attached hydrogens (primary N) is 1. The Morgan fingerprint density at radius 2 is 2.10 bits per heavy atom. The monoisotopic (exact) mass is 288 g/mol. The van der Waals surface area contributed by atoms with Crippen LogP contribution in [0.2, 0.25) is 0 Å². The zero-order valence-electron chi connectivity index (χ0n) is 11.8. The predicted molar refractivity (Wildman–Crippen MR) is 76.8 cm³/mol. The summed E-state index contributed by atoms with van der Waals surface area (Å²) in [6.45, 7) is 3.10. The highest BCUT2D eigenvalue weighted by molar-refractivity contribution is 5.95. The molecule has 1 aliphatic rings. The summed E-state index contributed by atoms with van der Waals surface area (Å²) in [5, 5.41) is 4.24. The third-order valence-corrected chi connectivity index (χ3v) is 3.82. The fraction of sp³-hybridized carbons (Fsp3) is 0.333. The molecule has 2 heterocycles. The van der Waals surface area contributed by atoms with Crippen LogP contribution in [0.4, 0.5) is 4.39 Å². The Morgan fingerprint density at radius 3 is 2.71 bits per heavy atom. The number of amides is 1. The Balaban J connectivity index is 1.88. The van der Waals surface area contributed by atoms with E-state index in [4.69, 9.17) is 5.73 Å². The molecule has 1 fully saturated rings. The maximum absolute atomic E-state index is 13.0. The normalized spacial score (nSPS) is 18.2. The van der Waals surface area contributed by atoms with Crippen LogP contribution in [0.5, 0.6) is 0 Å². The summed E-state index contributed by atoms with van der Waals surface area (Å²) in [6, 6.07) is 6.07. The second-order valence-electron chi connectivity index (χ2n) is 5.33. The Bertz CT molecular complexity index is 665. The van der Waals surface area contributed by atoms with Crippen LogP contribution < -0.4 is 5.73 Å². The summed E-state index contributed by atoms with van der Waals surface area (Å²) in [7, 11) is 0. The number of benzene rings is 1. The van der Waals surface area contributed by atoms with Gasteiger partial charge < -0.3 is 10.6 Å².